The van der Waals surface area contributed by atoms with Crippen LogP contribution in [0.2, 0.25) is 0 Å². The molecule has 3 heteroatoms. The Bertz CT molecular complexity index is 626. The quantitative estimate of drug-likeness (QED) is 0.645. The van der Waals surface area contributed by atoms with Gasteiger partial charge in [0.25, 0.3) is 0 Å². The maximum Gasteiger partial charge on any atom is 0.0720 e. The summed E-state index contributed by atoms with van der Waals surface area (Å²) >= 11 is 8.26. The van der Waals surface area contributed by atoms with Crippen LogP contribution in [0, 0.1) is 5.92 Å². The Balaban J connectivity index is 1.65. The average molecular weight is 363 g/mol. The Morgan fingerprint density at radius 2 is 1.92 bits per heavy atom. The molecule has 0 N–H and O–H groups in total. The van der Waals surface area contributed by atoms with Gasteiger partial charge in [-0.25, -0.2) is 0 Å². The highest BCUT2D eigenvalue weighted by atomic mass is 35.5. The van der Waals surface area contributed by atoms with E-state index in [2.05, 4.69) is 64.1 Å². The molecule has 1 saturated heterocycles. The molecular formula is C21H27ClOS. The maximum atomic E-state index is 6.33. The van der Waals surface area contributed by atoms with Crippen LogP contribution < -0.4 is 0 Å². The van der Waals surface area contributed by atoms with E-state index in [1.807, 2.05) is 17.8 Å². The maximum absolute atomic E-state index is 6.33. The lowest BCUT2D eigenvalue weighted by molar-refractivity contribution is 0.00714. The predicted molar refractivity (Wildman–Crippen MR) is 106 cm³/mol. The van der Waals surface area contributed by atoms with Gasteiger partial charge in [-0.3, -0.25) is 0 Å². The van der Waals surface area contributed by atoms with Crippen molar-refractivity contribution in [2.24, 2.45) is 5.92 Å². The molecule has 0 amide bonds. The first kappa shape index (κ1) is 18.1. The summed E-state index contributed by atoms with van der Waals surface area (Å²) in [4.78, 5) is 0. The van der Waals surface area contributed by atoms with Crippen LogP contribution in [0.15, 0.2) is 47.5 Å². The van der Waals surface area contributed by atoms with Crippen molar-refractivity contribution in [1.82, 2.24) is 0 Å². The third kappa shape index (κ3) is 4.28. The normalized spacial score (nSPS) is 30.0. The summed E-state index contributed by atoms with van der Waals surface area (Å²) in [5.41, 5.74) is 2.80. The van der Waals surface area contributed by atoms with E-state index < -0.39 is 0 Å². The number of ether oxygens (including phenoxy) is 1. The molecule has 0 aromatic heterocycles. The van der Waals surface area contributed by atoms with Gasteiger partial charge in [-0.1, -0.05) is 75.7 Å². The molecule has 1 aromatic carbocycles. The Hall–Kier alpha value is -0.700. The number of halogens is 1. The highest BCUT2D eigenvalue weighted by Gasteiger charge is 2.36. The van der Waals surface area contributed by atoms with E-state index in [1.165, 1.54) is 11.1 Å². The molecule has 3 rings (SSSR count). The monoisotopic (exact) mass is 362 g/mol. The van der Waals surface area contributed by atoms with Crippen molar-refractivity contribution in [3.63, 3.8) is 0 Å². The van der Waals surface area contributed by atoms with Crippen LogP contribution in [0.25, 0.3) is 0 Å². The topological polar surface area (TPSA) is 9.23 Å². The zero-order chi connectivity index (χ0) is 17.3. The van der Waals surface area contributed by atoms with Gasteiger partial charge in [-0.2, -0.15) is 11.8 Å². The molecule has 0 bridgehead atoms. The third-order valence-electron chi connectivity index (χ3n) is 4.84. The minimum Gasteiger partial charge on any atom is -0.373 e. The van der Waals surface area contributed by atoms with E-state index in [4.69, 9.17) is 16.3 Å². The molecule has 0 spiro atoms. The van der Waals surface area contributed by atoms with E-state index >= 15 is 0 Å². The lowest BCUT2D eigenvalue weighted by Crippen LogP contribution is -2.38. The van der Waals surface area contributed by atoms with Crippen molar-refractivity contribution in [3.8, 4) is 0 Å². The van der Waals surface area contributed by atoms with Crippen molar-refractivity contribution < 1.29 is 4.74 Å². The van der Waals surface area contributed by atoms with Crippen molar-refractivity contribution in [3.05, 3.63) is 58.7 Å². The van der Waals surface area contributed by atoms with Crippen LogP contribution >= 0.6 is 23.4 Å². The SMILES string of the molecule is CC1CC(OCc2ccc(C(C)(C)C)cc2)C2C=C(Cl)C=CC2S1. The molecule has 0 saturated carbocycles. The molecule has 1 aliphatic carbocycles. The molecule has 1 nitrogen and oxygen atoms in total. The molecule has 0 radical (unpaired) electrons. The van der Waals surface area contributed by atoms with E-state index in [0.29, 0.717) is 23.0 Å². The second-order valence-electron chi connectivity index (χ2n) is 7.93. The molecule has 1 aliphatic heterocycles. The van der Waals surface area contributed by atoms with Crippen LogP contribution in [0.4, 0.5) is 0 Å². The predicted octanol–water partition coefficient (Wildman–Crippen LogP) is 6.07. The molecule has 4 unspecified atom stereocenters. The fourth-order valence-electron chi connectivity index (χ4n) is 3.40. The number of thioether (sulfide) groups is 1. The van der Waals surface area contributed by atoms with Gasteiger partial charge < -0.3 is 4.74 Å². The van der Waals surface area contributed by atoms with E-state index in [9.17, 15) is 0 Å². The Morgan fingerprint density at radius 3 is 2.58 bits per heavy atom. The number of hydrogen-bond donors (Lipinski definition) is 0. The number of benzene rings is 1. The molecule has 24 heavy (non-hydrogen) atoms. The lowest BCUT2D eigenvalue weighted by atomic mass is 9.87. The highest BCUT2D eigenvalue weighted by Crippen LogP contribution is 2.42. The van der Waals surface area contributed by atoms with Gasteiger partial charge in [-0.05, 0) is 29.0 Å². The standard InChI is InChI=1S/C21H27ClOS/c1-14-11-19(18-12-17(22)9-10-20(18)24-14)23-13-15-5-7-16(8-6-15)21(2,3)4/h5-10,12,14,18-20H,11,13H2,1-4H3. The van der Waals surface area contributed by atoms with Gasteiger partial charge in [0.1, 0.15) is 0 Å². The Morgan fingerprint density at radius 1 is 1.21 bits per heavy atom. The average Bonchev–Trinajstić information content (AvgIpc) is 2.52. The summed E-state index contributed by atoms with van der Waals surface area (Å²) in [7, 11) is 0. The minimum atomic E-state index is 0.193. The van der Waals surface area contributed by atoms with Gasteiger partial charge >= 0.3 is 0 Å². The smallest absolute Gasteiger partial charge is 0.0720 e. The molecule has 1 heterocycles. The van der Waals surface area contributed by atoms with Crippen LogP contribution in [0.1, 0.15) is 45.2 Å². The third-order valence-corrected chi connectivity index (χ3v) is 6.54. The summed E-state index contributed by atoms with van der Waals surface area (Å²) < 4.78 is 6.33. The zero-order valence-corrected chi connectivity index (χ0v) is 16.5. The number of fused-ring (bicyclic) bond motifs is 1. The van der Waals surface area contributed by atoms with Crippen molar-refractivity contribution >= 4 is 23.4 Å². The van der Waals surface area contributed by atoms with Crippen LogP contribution in [-0.4, -0.2) is 16.6 Å². The summed E-state index contributed by atoms with van der Waals surface area (Å²) in [6, 6.07) is 8.84. The second kappa shape index (κ2) is 7.27. The number of rotatable bonds is 3. The first-order chi connectivity index (χ1) is 11.3. The molecular weight excluding hydrogens is 336 g/mol. The number of hydrogen-bond acceptors (Lipinski definition) is 2. The Kier molecular flexibility index (Phi) is 5.48. The fourth-order valence-corrected chi connectivity index (χ4v) is 5.06. The van der Waals surface area contributed by atoms with Crippen LogP contribution in [0.5, 0.6) is 0 Å². The van der Waals surface area contributed by atoms with Gasteiger partial charge in [0.05, 0.1) is 12.7 Å². The fraction of sp³-hybridized carbons (Fsp3) is 0.524. The van der Waals surface area contributed by atoms with E-state index in [0.717, 1.165) is 11.5 Å². The zero-order valence-electron chi connectivity index (χ0n) is 15.0. The molecule has 1 aromatic rings. The van der Waals surface area contributed by atoms with Crippen LogP contribution in [-0.2, 0) is 16.8 Å². The summed E-state index contributed by atoms with van der Waals surface area (Å²) in [5.74, 6) is 0.387. The van der Waals surface area contributed by atoms with Gasteiger partial charge in [0.15, 0.2) is 0 Å². The summed E-state index contributed by atoms with van der Waals surface area (Å²) in [5, 5.41) is 1.95. The van der Waals surface area contributed by atoms with Crippen molar-refractivity contribution in [2.45, 2.75) is 62.7 Å². The van der Waals surface area contributed by atoms with Gasteiger partial charge in [0.2, 0.25) is 0 Å². The lowest BCUT2D eigenvalue weighted by Gasteiger charge is -2.39. The molecule has 1 fully saturated rings. The van der Waals surface area contributed by atoms with Crippen LogP contribution in [0.3, 0.4) is 0 Å². The largest absolute Gasteiger partial charge is 0.373 e. The second-order valence-corrected chi connectivity index (χ2v) is 9.99. The number of allylic oxidation sites excluding steroid dienone is 2. The van der Waals surface area contributed by atoms with E-state index in [-0.39, 0.29) is 11.5 Å². The van der Waals surface area contributed by atoms with Gasteiger partial charge in [0, 0.05) is 21.5 Å². The first-order valence-corrected chi connectivity index (χ1v) is 10.1. The molecule has 130 valence electrons. The van der Waals surface area contributed by atoms with Crippen molar-refractivity contribution in [2.75, 3.05) is 0 Å². The van der Waals surface area contributed by atoms with Crippen molar-refractivity contribution in [1.29, 1.82) is 0 Å². The molecule has 4 atom stereocenters. The Labute approximate surface area is 155 Å². The highest BCUT2D eigenvalue weighted by molar-refractivity contribution is 8.00. The minimum absolute atomic E-state index is 0.193. The molecule has 2 aliphatic rings. The van der Waals surface area contributed by atoms with E-state index in [1.54, 1.807) is 0 Å². The first-order valence-electron chi connectivity index (χ1n) is 8.75. The summed E-state index contributed by atoms with van der Waals surface area (Å²) in [6.45, 7) is 9.69. The summed E-state index contributed by atoms with van der Waals surface area (Å²) in [6.07, 6.45) is 7.77. The van der Waals surface area contributed by atoms with Gasteiger partial charge in [-0.15, -0.1) is 0 Å².